The number of sulfonamides is 1. The van der Waals surface area contributed by atoms with Gasteiger partial charge in [0.1, 0.15) is 6.54 Å². The molecule has 0 aliphatic rings. The molecule has 0 bridgehead atoms. The molecule has 1 amide bonds. The van der Waals surface area contributed by atoms with Crippen LogP contribution in [-0.4, -0.2) is 33.2 Å². The van der Waals surface area contributed by atoms with Crippen molar-refractivity contribution in [3.63, 3.8) is 0 Å². The summed E-state index contributed by atoms with van der Waals surface area (Å²) < 4.78 is 28.2. The third-order valence-corrected chi connectivity index (χ3v) is 8.31. The minimum Gasteiger partial charge on any atom is -0.354 e. The van der Waals surface area contributed by atoms with Gasteiger partial charge in [-0.25, -0.2) is 8.42 Å². The first-order chi connectivity index (χ1) is 16.3. The van der Waals surface area contributed by atoms with Crippen LogP contribution in [0.15, 0.2) is 77.7 Å². The zero-order valence-electron chi connectivity index (χ0n) is 20.0. The lowest BCUT2D eigenvalue weighted by Crippen LogP contribution is -2.41. The van der Waals surface area contributed by atoms with Gasteiger partial charge >= 0.3 is 0 Å². The Morgan fingerprint density at radius 2 is 1.59 bits per heavy atom. The standard InChI is InChI=1S/C27H32N2O3S2/c1-21-10-13-25(14-11-21)34(31,32)29(26-15-12-22(2)18-23(26)3)19-27(30)28-16-7-17-33-20-24-8-5-4-6-9-24/h4-6,8-15,18H,7,16-17,19-20H2,1-3H3,(H,28,30). The molecule has 3 rings (SSSR count). The molecule has 3 aromatic rings. The maximum Gasteiger partial charge on any atom is 0.264 e. The lowest BCUT2D eigenvalue weighted by molar-refractivity contribution is -0.119. The van der Waals surface area contributed by atoms with Crippen molar-refractivity contribution >= 4 is 33.4 Å². The summed E-state index contributed by atoms with van der Waals surface area (Å²) >= 11 is 1.82. The second-order valence-corrected chi connectivity index (χ2v) is 11.3. The largest absolute Gasteiger partial charge is 0.354 e. The predicted molar refractivity (Wildman–Crippen MR) is 142 cm³/mol. The highest BCUT2D eigenvalue weighted by molar-refractivity contribution is 7.98. The topological polar surface area (TPSA) is 66.5 Å². The van der Waals surface area contributed by atoms with E-state index in [1.54, 1.807) is 30.3 Å². The van der Waals surface area contributed by atoms with Gasteiger partial charge in [0.2, 0.25) is 5.91 Å². The van der Waals surface area contributed by atoms with Crippen LogP contribution < -0.4 is 9.62 Å². The Morgan fingerprint density at radius 1 is 0.912 bits per heavy atom. The van der Waals surface area contributed by atoms with Crippen molar-refractivity contribution in [3.05, 3.63) is 95.1 Å². The van der Waals surface area contributed by atoms with Gasteiger partial charge in [-0.05, 0) is 62.3 Å². The molecule has 0 aliphatic carbocycles. The third kappa shape index (κ3) is 7.11. The molecule has 0 saturated heterocycles. The molecule has 0 spiro atoms. The number of benzene rings is 3. The van der Waals surface area contributed by atoms with Crippen LogP contribution in [0.4, 0.5) is 5.69 Å². The number of hydrogen-bond acceptors (Lipinski definition) is 4. The summed E-state index contributed by atoms with van der Waals surface area (Å²) in [5.41, 5.74) is 4.61. The van der Waals surface area contributed by atoms with E-state index in [9.17, 15) is 13.2 Å². The number of carbonyl (C=O) groups excluding carboxylic acids is 1. The van der Waals surface area contributed by atoms with Gasteiger partial charge in [-0.2, -0.15) is 11.8 Å². The highest BCUT2D eigenvalue weighted by Crippen LogP contribution is 2.27. The van der Waals surface area contributed by atoms with Gasteiger partial charge in [0, 0.05) is 12.3 Å². The monoisotopic (exact) mass is 496 g/mol. The number of anilines is 1. The zero-order valence-corrected chi connectivity index (χ0v) is 21.6. The second-order valence-electron chi connectivity index (χ2n) is 8.36. The molecule has 0 fully saturated rings. The molecular formula is C27H32N2O3S2. The second kappa shape index (κ2) is 12.1. The average molecular weight is 497 g/mol. The molecule has 0 atom stereocenters. The molecule has 34 heavy (non-hydrogen) atoms. The molecule has 1 N–H and O–H groups in total. The highest BCUT2D eigenvalue weighted by Gasteiger charge is 2.28. The zero-order chi connectivity index (χ0) is 24.6. The van der Waals surface area contributed by atoms with Crippen molar-refractivity contribution in [1.82, 2.24) is 5.32 Å². The summed E-state index contributed by atoms with van der Waals surface area (Å²) in [6, 6.07) is 22.5. The fourth-order valence-corrected chi connectivity index (χ4v) is 5.98. The van der Waals surface area contributed by atoms with Gasteiger partial charge in [-0.3, -0.25) is 9.10 Å². The van der Waals surface area contributed by atoms with Crippen LogP contribution in [0.5, 0.6) is 0 Å². The van der Waals surface area contributed by atoms with Crippen molar-refractivity contribution in [2.45, 2.75) is 37.8 Å². The Labute approximate surface area is 207 Å². The fourth-order valence-electron chi connectivity index (χ4n) is 3.57. The van der Waals surface area contributed by atoms with Crippen LogP contribution in [0.1, 0.15) is 28.7 Å². The SMILES string of the molecule is Cc1ccc(S(=O)(=O)N(CC(=O)NCCCSCc2ccccc2)c2ccc(C)cc2C)cc1. The maximum absolute atomic E-state index is 13.5. The lowest BCUT2D eigenvalue weighted by atomic mass is 10.1. The van der Waals surface area contributed by atoms with E-state index >= 15 is 0 Å². The van der Waals surface area contributed by atoms with Gasteiger partial charge in [-0.1, -0.05) is 65.7 Å². The first-order valence-electron chi connectivity index (χ1n) is 11.3. The normalized spacial score (nSPS) is 11.3. The predicted octanol–water partition coefficient (Wildman–Crippen LogP) is 5.25. The minimum atomic E-state index is -3.90. The van der Waals surface area contributed by atoms with Gasteiger partial charge in [0.05, 0.1) is 10.6 Å². The molecule has 3 aromatic carbocycles. The van der Waals surface area contributed by atoms with Crippen molar-refractivity contribution in [2.24, 2.45) is 0 Å². The Morgan fingerprint density at radius 3 is 2.26 bits per heavy atom. The Hall–Kier alpha value is -2.77. The van der Waals surface area contributed by atoms with E-state index < -0.39 is 10.0 Å². The minimum absolute atomic E-state index is 0.170. The molecule has 7 heteroatoms. The number of aryl methyl sites for hydroxylation is 3. The van der Waals surface area contributed by atoms with E-state index in [1.807, 2.05) is 62.9 Å². The summed E-state index contributed by atoms with van der Waals surface area (Å²) in [5, 5.41) is 2.89. The first kappa shape index (κ1) is 25.8. The number of amides is 1. The van der Waals surface area contributed by atoms with Crippen LogP contribution >= 0.6 is 11.8 Å². The summed E-state index contributed by atoms with van der Waals surface area (Å²) in [6.45, 7) is 5.97. The summed E-state index contributed by atoms with van der Waals surface area (Å²) in [4.78, 5) is 12.9. The smallest absolute Gasteiger partial charge is 0.264 e. The van der Waals surface area contributed by atoms with Crippen LogP contribution in [0.3, 0.4) is 0 Å². The van der Waals surface area contributed by atoms with E-state index in [0.29, 0.717) is 12.2 Å². The van der Waals surface area contributed by atoms with E-state index in [2.05, 4.69) is 17.4 Å². The van der Waals surface area contributed by atoms with E-state index in [0.717, 1.165) is 34.6 Å². The fraction of sp³-hybridized carbons (Fsp3) is 0.296. The Kier molecular flexibility index (Phi) is 9.19. The molecule has 0 aromatic heterocycles. The summed E-state index contributed by atoms with van der Waals surface area (Å²) in [7, 11) is -3.90. The molecule has 0 radical (unpaired) electrons. The molecule has 180 valence electrons. The molecule has 0 unspecified atom stereocenters. The van der Waals surface area contributed by atoms with Gasteiger partial charge in [0.25, 0.3) is 10.0 Å². The highest BCUT2D eigenvalue weighted by atomic mass is 32.2. The molecule has 0 heterocycles. The third-order valence-electron chi connectivity index (χ3n) is 5.42. The van der Waals surface area contributed by atoms with Crippen molar-refractivity contribution in [3.8, 4) is 0 Å². The molecule has 5 nitrogen and oxygen atoms in total. The van der Waals surface area contributed by atoms with E-state index in [1.165, 1.54) is 9.87 Å². The van der Waals surface area contributed by atoms with E-state index in [-0.39, 0.29) is 17.3 Å². The number of hydrogen-bond donors (Lipinski definition) is 1. The van der Waals surface area contributed by atoms with Gasteiger partial charge in [0.15, 0.2) is 0 Å². The van der Waals surface area contributed by atoms with E-state index in [4.69, 9.17) is 0 Å². The van der Waals surface area contributed by atoms with Crippen molar-refractivity contribution in [2.75, 3.05) is 23.1 Å². The van der Waals surface area contributed by atoms with Crippen molar-refractivity contribution in [1.29, 1.82) is 0 Å². The molecular weight excluding hydrogens is 464 g/mol. The lowest BCUT2D eigenvalue weighted by Gasteiger charge is -2.26. The quantitative estimate of drug-likeness (QED) is 0.368. The number of nitrogens with one attached hydrogen (secondary N) is 1. The number of nitrogens with zero attached hydrogens (tertiary/aromatic N) is 1. The summed E-state index contributed by atoms with van der Waals surface area (Å²) in [5.74, 6) is 1.53. The first-order valence-corrected chi connectivity index (χ1v) is 13.9. The van der Waals surface area contributed by atoms with Crippen LogP contribution in [0.2, 0.25) is 0 Å². The Bertz CT molecular complexity index is 1190. The van der Waals surface area contributed by atoms with Gasteiger partial charge < -0.3 is 5.32 Å². The van der Waals surface area contributed by atoms with Gasteiger partial charge in [-0.15, -0.1) is 0 Å². The maximum atomic E-state index is 13.5. The molecule has 0 saturated carbocycles. The van der Waals surface area contributed by atoms with Crippen LogP contribution in [0, 0.1) is 20.8 Å². The Balaban J connectivity index is 1.64. The van der Waals surface area contributed by atoms with Crippen LogP contribution in [-0.2, 0) is 20.6 Å². The number of rotatable bonds is 11. The number of thioether (sulfide) groups is 1. The number of carbonyl (C=O) groups is 1. The average Bonchev–Trinajstić information content (AvgIpc) is 2.81. The summed E-state index contributed by atoms with van der Waals surface area (Å²) in [6.07, 6.45) is 0.817. The van der Waals surface area contributed by atoms with Crippen LogP contribution in [0.25, 0.3) is 0 Å². The molecule has 0 aliphatic heterocycles. The van der Waals surface area contributed by atoms with Crippen molar-refractivity contribution < 1.29 is 13.2 Å².